The molecule has 0 aromatic carbocycles. The third-order valence-corrected chi connectivity index (χ3v) is 1.55. The van der Waals surface area contributed by atoms with Crippen LogP contribution in [0.3, 0.4) is 0 Å². The smallest absolute Gasteiger partial charge is 0.00556 e. The van der Waals surface area contributed by atoms with Gasteiger partial charge in [-0.3, -0.25) is 0 Å². The van der Waals surface area contributed by atoms with Gasteiger partial charge in [-0.05, 0) is 24.3 Å². The van der Waals surface area contributed by atoms with Crippen molar-refractivity contribution < 1.29 is 0 Å². The number of allylic oxidation sites excluding steroid dienone is 6. The van der Waals surface area contributed by atoms with E-state index in [9.17, 15) is 0 Å². The molecule has 0 amide bonds. The van der Waals surface area contributed by atoms with E-state index in [1.54, 1.807) is 6.08 Å². The van der Waals surface area contributed by atoms with Crippen LogP contribution in [0.4, 0.5) is 0 Å². The summed E-state index contributed by atoms with van der Waals surface area (Å²) >= 11 is 0. The molecular formula is C12H19N. The van der Waals surface area contributed by atoms with E-state index in [2.05, 4.69) is 31.9 Å². The predicted molar refractivity (Wildman–Crippen MR) is 60.5 cm³/mol. The highest BCUT2D eigenvalue weighted by Crippen LogP contribution is 2.03. The van der Waals surface area contributed by atoms with Crippen molar-refractivity contribution in [3.63, 3.8) is 0 Å². The molecule has 0 aliphatic heterocycles. The standard InChI is InChI=1S/C12H19N/c1-5-7-8-9-12(6-2)10-11-13(3)4/h5,7-11H,1,6H2,2-4H3/b8-7+,11-10-,12-9-. The Morgan fingerprint density at radius 3 is 2.46 bits per heavy atom. The van der Waals surface area contributed by atoms with Gasteiger partial charge in [0.05, 0.1) is 0 Å². The first-order chi connectivity index (χ1) is 6.20. The molecule has 0 aliphatic rings. The maximum absolute atomic E-state index is 3.62. The minimum absolute atomic E-state index is 1.05. The second-order valence-electron chi connectivity index (χ2n) is 3.00. The quantitative estimate of drug-likeness (QED) is 0.583. The van der Waals surface area contributed by atoms with E-state index in [0.29, 0.717) is 0 Å². The van der Waals surface area contributed by atoms with Crippen molar-refractivity contribution in [3.8, 4) is 0 Å². The predicted octanol–water partition coefficient (Wildman–Crippen LogP) is 3.14. The third-order valence-electron chi connectivity index (χ3n) is 1.55. The molecule has 72 valence electrons. The summed E-state index contributed by atoms with van der Waals surface area (Å²) in [6, 6.07) is 0. The molecule has 0 spiro atoms. The van der Waals surface area contributed by atoms with Gasteiger partial charge in [-0.15, -0.1) is 0 Å². The molecule has 0 saturated heterocycles. The minimum Gasteiger partial charge on any atom is -0.383 e. The first-order valence-electron chi connectivity index (χ1n) is 4.53. The van der Waals surface area contributed by atoms with E-state index >= 15 is 0 Å². The van der Waals surface area contributed by atoms with Gasteiger partial charge >= 0.3 is 0 Å². The van der Waals surface area contributed by atoms with Crippen LogP contribution in [0, 0.1) is 0 Å². The molecule has 0 N–H and O–H groups in total. The van der Waals surface area contributed by atoms with Crippen LogP contribution < -0.4 is 0 Å². The van der Waals surface area contributed by atoms with E-state index in [1.807, 2.05) is 31.1 Å². The van der Waals surface area contributed by atoms with Crippen molar-refractivity contribution in [1.29, 1.82) is 0 Å². The number of nitrogens with zero attached hydrogens (tertiary/aromatic N) is 1. The van der Waals surface area contributed by atoms with E-state index in [-0.39, 0.29) is 0 Å². The summed E-state index contributed by atoms with van der Waals surface area (Å²) in [6.45, 7) is 5.76. The fourth-order valence-electron chi connectivity index (χ4n) is 0.794. The Morgan fingerprint density at radius 1 is 1.31 bits per heavy atom. The molecule has 0 fully saturated rings. The zero-order valence-corrected chi connectivity index (χ0v) is 8.83. The first kappa shape index (κ1) is 11.8. The summed E-state index contributed by atoms with van der Waals surface area (Å²) in [4.78, 5) is 2.03. The lowest BCUT2D eigenvalue weighted by Crippen LogP contribution is -2.00. The molecule has 0 atom stereocenters. The third kappa shape index (κ3) is 7.13. The van der Waals surface area contributed by atoms with Crippen LogP contribution in [0.25, 0.3) is 0 Å². The molecule has 13 heavy (non-hydrogen) atoms. The van der Waals surface area contributed by atoms with Crippen LogP contribution in [0.15, 0.2) is 48.7 Å². The molecule has 1 nitrogen and oxygen atoms in total. The average molecular weight is 177 g/mol. The van der Waals surface area contributed by atoms with Gasteiger partial charge in [0.2, 0.25) is 0 Å². The van der Waals surface area contributed by atoms with Crippen LogP contribution in [0.2, 0.25) is 0 Å². The molecule has 1 heteroatoms. The van der Waals surface area contributed by atoms with Crippen LogP contribution in [0.1, 0.15) is 13.3 Å². The van der Waals surface area contributed by atoms with Gasteiger partial charge in [0.15, 0.2) is 0 Å². The minimum atomic E-state index is 1.05. The highest BCUT2D eigenvalue weighted by molar-refractivity contribution is 5.24. The Bertz CT molecular complexity index is 219. The molecule has 0 heterocycles. The van der Waals surface area contributed by atoms with Crippen LogP contribution in [0.5, 0.6) is 0 Å². The maximum atomic E-state index is 3.62. The first-order valence-corrected chi connectivity index (χ1v) is 4.53. The molecular weight excluding hydrogens is 158 g/mol. The van der Waals surface area contributed by atoms with E-state index < -0.39 is 0 Å². The normalized spacial score (nSPS) is 12.7. The van der Waals surface area contributed by atoms with Gasteiger partial charge < -0.3 is 4.90 Å². The van der Waals surface area contributed by atoms with E-state index in [1.165, 1.54) is 5.57 Å². The molecule has 0 unspecified atom stereocenters. The van der Waals surface area contributed by atoms with Crippen LogP contribution in [-0.4, -0.2) is 19.0 Å². The topological polar surface area (TPSA) is 3.24 Å². The van der Waals surface area contributed by atoms with Crippen molar-refractivity contribution in [2.24, 2.45) is 0 Å². The van der Waals surface area contributed by atoms with Gasteiger partial charge in [0.25, 0.3) is 0 Å². The van der Waals surface area contributed by atoms with Crippen molar-refractivity contribution in [1.82, 2.24) is 4.90 Å². The van der Waals surface area contributed by atoms with Gasteiger partial charge in [0, 0.05) is 14.1 Å². The Kier molecular flexibility index (Phi) is 6.70. The SMILES string of the molecule is C=C/C=C/C=C(\C=C/N(C)C)CC. The maximum Gasteiger partial charge on any atom is 0.00556 e. The summed E-state index contributed by atoms with van der Waals surface area (Å²) in [7, 11) is 4.03. The summed E-state index contributed by atoms with van der Waals surface area (Å²) in [5.41, 5.74) is 1.31. The van der Waals surface area contributed by atoms with Crippen molar-refractivity contribution >= 4 is 0 Å². The average Bonchev–Trinajstić information content (AvgIpc) is 2.10. The molecule has 0 saturated carbocycles. The number of hydrogen-bond acceptors (Lipinski definition) is 1. The molecule has 0 aromatic rings. The van der Waals surface area contributed by atoms with Crippen molar-refractivity contribution in [3.05, 3.63) is 48.7 Å². The monoisotopic (exact) mass is 177 g/mol. The fourth-order valence-corrected chi connectivity index (χ4v) is 0.794. The zero-order valence-electron chi connectivity index (χ0n) is 8.83. The van der Waals surface area contributed by atoms with E-state index in [0.717, 1.165) is 6.42 Å². The van der Waals surface area contributed by atoms with Crippen molar-refractivity contribution in [2.75, 3.05) is 14.1 Å². The molecule has 0 aromatic heterocycles. The molecule has 0 aliphatic carbocycles. The Hall–Kier alpha value is -1.24. The Labute approximate surface area is 81.8 Å². The Balaban J connectivity index is 4.24. The zero-order chi connectivity index (χ0) is 10.1. The van der Waals surface area contributed by atoms with E-state index in [4.69, 9.17) is 0 Å². The second-order valence-corrected chi connectivity index (χ2v) is 3.00. The highest BCUT2D eigenvalue weighted by Gasteiger charge is 1.84. The lowest BCUT2D eigenvalue weighted by atomic mass is 10.2. The lowest BCUT2D eigenvalue weighted by Gasteiger charge is -2.03. The van der Waals surface area contributed by atoms with Gasteiger partial charge in [-0.25, -0.2) is 0 Å². The molecule has 0 rings (SSSR count). The molecule has 0 bridgehead atoms. The van der Waals surface area contributed by atoms with Crippen LogP contribution >= 0.6 is 0 Å². The van der Waals surface area contributed by atoms with Crippen LogP contribution in [-0.2, 0) is 0 Å². The number of hydrogen-bond donors (Lipinski definition) is 0. The Morgan fingerprint density at radius 2 is 2.00 bits per heavy atom. The van der Waals surface area contributed by atoms with Gasteiger partial charge in [-0.2, -0.15) is 0 Å². The second kappa shape index (κ2) is 7.41. The molecule has 0 radical (unpaired) electrons. The lowest BCUT2D eigenvalue weighted by molar-refractivity contribution is 0.563. The highest BCUT2D eigenvalue weighted by atomic mass is 15.0. The largest absolute Gasteiger partial charge is 0.383 e. The summed E-state index contributed by atoms with van der Waals surface area (Å²) < 4.78 is 0. The number of rotatable bonds is 5. The van der Waals surface area contributed by atoms with Gasteiger partial charge in [-0.1, -0.05) is 37.8 Å². The summed E-state index contributed by atoms with van der Waals surface area (Å²) in [5, 5.41) is 0. The van der Waals surface area contributed by atoms with Crippen molar-refractivity contribution in [2.45, 2.75) is 13.3 Å². The summed E-state index contributed by atoms with van der Waals surface area (Å²) in [6.07, 6.45) is 13.0. The summed E-state index contributed by atoms with van der Waals surface area (Å²) in [5.74, 6) is 0. The fraction of sp³-hybridized carbons (Fsp3) is 0.333. The van der Waals surface area contributed by atoms with Gasteiger partial charge in [0.1, 0.15) is 0 Å².